The van der Waals surface area contributed by atoms with Crippen molar-refractivity contribution in [3.05, 3.63) is 37.5 Å². The third-order valence-corrected chi connectivity index (χ3v) is 3.76. The number of fused-ring (bicyclic) bond motifs is 1. The second-order valence-electron chi connectivity index (χ2n) is 2.58. The van der Waals surface area contributed by atoms with Crippen LogP contribution in [0.15, 0.2) is 28.9 Å². The van der Waals surface area contributed by atoms with E-state index < -0.39 is 0 Å². The van der Waals surface area contributed by atoms with Crippen LogP contribution in [-0.2, 0) is 0 Å². The van der Waals surface area contributed by atoms with Gasteiger partial charge in [0.15, 0.2) is 0 Å². The van der Waals surface area contributed by atoms with E-state index in [-0.39, 0.29) is 0 Å². The van der Waals surface area contributed by atoms with Gasteiger partial charge in [-0.2, -0.15) is 0 Å². The van der Waals surface area contributed by atoms with Crippen LogP contribution in [0.2, 0.25) is 5.02 Å². The van der Waals surface area contributed by atoms with Crippen LogP contribution in [0.4, 0.5) is 0 Å². The van der Waals surface area contributed by atoms with E-state index in [2.05, 4.69) is 43.5 Å². The molecule has 0 amide bonds. The molecule has 0 aliphatic carbocycles. The number of hydrogen-bond donors (Lipinski definition) is 0. The summed E-state index contributed by atoms with van der Waals surface area (Å²) in [6, 6.07) is 5.88. The summed E-state index contributed by atoms with van der Waals surface area (Å²) in [7, 11) is 0. The summed E-state index contributed by atoms with van der Waals surface area (Å²) >= 11 is 11.7. The minimum Gasteiger partial charge on any atom is -0.255 e. The van der Waals surface area contributed by atoms with Crippen molar-refractivity contribution in [3.63, 3.8) is 0 Å². The molecule has 0 N–H and O–H groups in total. The molecule has 2 rings (SSSR count). The smallest absolute Gasteiger partial charge is 0.0718 e. The highest BCUT2D eigenvalue weighted by Gasteiger charge is 2.04. The zero-order valence-corrected chi connectivity index (χ0v) is 10.9. The van der Waals surface area contributed by atoms with Gasteiger partial charge in [-0.05, 0) is 40.8 Å². The van der Waals surface area contributed by atoms with Gasteiger partial charge < -0.3 is 0 Å². The predicted molar refractivity (Wildman–Crippen MR) is 67.2 cm³/mol. The van der Waals surface area contributed by atoms with E-state index >= 15 is 0 Å². The van der Waals surface area contributed by atoms with Gasteiger partial charge in [0, 0.05) is 16.1 Å². The van der Waals surface area contributed by atoms with E-state index in [4.69, 9.17) is 11.6 Å². The zero-order valence-electron chi connectivity index (χ0n) is 6.39. The minimum absolute atomic E-state index is 0.770. The van der Waals surface area contributed by atoms with Crippen molar-refractivity contribution in [1.82, 2.24) is 4.98 Å². The molecule has 1 heterocycles. The van der Waals surface area contributed by atoms with Crippen molar-refractivity contribution in [2.45, 2.75) is 0 Å². The molecule has 1 aromatic heterocycles. The lowest BCUT2D eigenvalue weighted by Gasteiger charge is -2.01. The van der Waals surface area contributed by atoms with E-state index in [9.17, 15) is 0 Å². The van der Waals surface area contributed by atoms with E-state index in [0.717, 1.165) is 24.0 Å². The number of nitrogens with zero attached hydrogens (tertiary/aromatic N) is 1. The molecule has 0 fully saturated rings. The average Bonchev–Trinajstić information content (AvgIpc) is 2.12. The normalized spacial score (nSPS) is 10.7. The maximum absolute atomic E-state index is 6.13. The molecule has 0 aliphatic heterocycles. The van der Waals surface area contributed by atoms with Crippen molar-refractivity contribution >= 4 is 61.0 Å². The van der Waals surface area contributed by atoms with Crippen molar-refractivity contribution in [3.8, 4) is 0 Å². The lowest BCUT2D eigenvalue weighted by atomic mass is 10.2. The molecule has 13 heavy (non-hydrogen) atoms. The second-order valence-corrected chi connectivity index (χ2v) is 5.04. The van der Waals surface area contributed by atoms with Gasteiger partial charge in [0.25, 0.3) is 0 Å². The van der Waals surface area contributed by atoms with Crippen molar-refractivity contribution in [2.75, 3.05) is 0 Å². The molecule has 1 nitrogen and oxygen atoms in total. The molecule has 2 aromatic rings. The summed E-state index contributed by atoms with van der Waals surface area (Å²) in [6.45, 7) is 0. The summed E-state index contributed by atoms with van der Waals surface area (Å²) in [5.74, 6) is 0. The highest BCUT2D eigenvalue weighted by atomic mass is 127. The quantitative estimate of drug-likeness (QED) is 0.634. The Morgan fingerprint density at radius 2 is 2.15 bits per heavy atom. The molecule has 0 radical (unpaired) electrons. The van der Waals surface area contributed by atoms with Gasteiger partial charge in [-0.15, -0.1) is 0 Å². The monoisotopic (exact) mass is 367 g/mol. The van der Waals surface area contributed by atoms with Crippen LogP contribution < -0.4 is 0 Å². The van der Waals surface area contributed by atoms with Crippen LogP contribution in [0.25, 0.3) is 10.9 Å². The Balaban J connectivity index is 2.89. The van der Waals surface area contributed by atoms with Gasteiger partial charge in [-0.3, -0.25) is 4.98 Å². The van der Waals surface area contributed by atoms with Gasteiger partial charge in [0.05, 0.1) is 14.1 Å². The van der Waals surface area contributed by atoms with Crippen LogP contribution in [0.3, 0.4) is 0 Å². The Morgan fingerprint density at radius 3 is 2.92 bits per heavy atom. The summed E-state index contributed by atoms with van der Waals surface area (Å²) in [6.07, 6.45) is 1.78. The molecule has 0 spiro atoms. The van der Waals surface area contributed by atoms with E-state index in [1.165, 1.54) is 0 Å². The van der Waals surface area contributed by atoms with Crippen LogP contribution >= 0.6 is 50.1 Å². The predicted octanol–water partition coefficient (Wildman–Crippen LogP) is 4.26. The Hall–Kier alpha value is 0.130. The number of halogens is 3. The van der Waals surface area contributed by atoms with E-state index in [1.54, 1.807) is 6.20 Å². The number of aromatic nitrogens is 1. The summed E-state index contributed by atoms with van der Waals surface area (Å²) in [5, 5.41) is 1.76. The van der Waals surface area contributed by atoms with Crippen LogP contribution in [-0.4, -0.2) is 4.98 Å². The van der Waals surface area contributed by atoms with E-state index in [0.29, 0.717) is 0 Å². The molecular weight excluding hydrogens is 364 g/mol. The number of hydrogen-bond acceptors (Lipinski definition) is 1. The maximum Gasteiger partial charge on any atom is 0.0718 e. The summed E-state index contributed by atoms with van der Waals surface area (Å²) in [5.41, 5.74) is 0.925. The fourth-order valence-corrected chi connectivity index (χ4v) is 2.10. The van der Waals surface area contributed by atoms with Crippen LogP contribution in [0.1, 0.15) is 0 Å². The topological polar surface area (TPSA) is 12.9 Å². The maximum atomic E-state index is 6.13. The molecule has 0 saturated heterocycles. The first-order valence-electron chi connectivity index (χ1n) is 3.58. The summed E-state index contributed by atoms with van der Waals surface area (Å²) < 4.78 is 2.00. The Bertz CT molecular complexity index is 467. The van der Waals surface area contributed by atoms with Gasteiger partial charge in [0.1, 0.15) is 0 Å². The fourth-order valence-electron chi connectivity index (χ4n) is 1.11. The molecule has 66 valence electrons. The Morgan fingerprint density at radius 1 is 1.38 bits per heavy atom. The molecule has 0 aliphatic rings. The third-order valence-electron chi connectivity index (χ3n) is 1.72. The number of rotatable bonds is 0. The largest absolute Gasteiger partial charge is 0.255 e. The van der Waals surface area contributed by atoms with Gasteiger partial charge in [-0.25, -0.2) is 0 Å². The lowest BCUT2D eigenvalue weighted by molar-refractivity contribution is 1.38. The van der Waals surface area contributed by atoms with E-state index in [1.807, 2.05) is 18.2 Å². The SMILES string of the molecule is Clc1c(I)cnc2ccc(Br)cc12. The van der Waals surface area contributed by atoms with Crippen LogP contribution in [0.5, 0.6) is 0 Å². The lowest BCUT2D eigenvalue weighted by Crippen LogP contribution is -1.83. The average molecular weight is 368 g/mol. The molecule has 0 bridgehead atoms. The molecule has 1 aromatic carbocycles. The van der Waals surface area contributed by atoms with Crippen molar-refractivity contribution < 1.29 is 0 Å². The fraction of sp³-hybridized carbons (Fsp3) is 0. The Labute approximate surface area is 103 Å². The van der Waals surface area contributed by atoms with Crippen molar-refractivity contribution in [2.24, 2.45) is 0 Å². The molecule has 0 unspecified atom stereocenters. The van der Waals surface area contributed by atoms with Crippen molar-refractivity contribution in [1.29, 1.82) is 0 Å². The molecule has 0 atom stereocenters. The minimum atomic E-state index is 0.770. The molecule has 4 heteroatoms. The third kappa shape index (κ3) is 1.82. The molecular formula is C9H4BrClIN. The van der Waals surface area contributed by atoms with Gasteiger partial charge in [-0.1, -0.05) is 27.5 Å². The summed E-state index contributed by atoms with van der Waals surface area (Å²) in [4.78, 5) is 4.27. The first-order valence-corrected chi connectivity index (χ1v) is 5.83. The second kappa shape index (κ2) is 3.71. The highest BCUT2D eigenvalue weighted by Crippen LogP contribution is 2.28. The van der Waals surface area contributed by atoms with Gasteiger partial charge in [0.2, 0.25) is 0 Å². The standard InChI is InChI=1S/C9H4BrClIN/c10-5-1-2-8-6(3-5)9(11)7(12)4-13-8/h1-4H. The first kappa shape index (κ1) is 9.68. The van der Waals surface area contributed by atoms with Gasteiger partial charge >= 0.3 is 0 Å². The number of benzene rings is 1. The van der Waals surface area contributed by atoms with Crippen LogP contribution in [0, 0.1) is 3.57 Å². The number of pyridine rings is 1. The first-order chi connectivity index (χ1) is 6.18. The Kier molecular flexibility index (Phi) is 2.76. The molecule has 0 saturated carbocycles. The zero-order chi connectivity index (χ0) is 9.42. The highest BCUT2D eigenvalue weighted by molar-refractivity contribution is 14.1.